The largest absolute Gasteiger partial charge is 0.573 e. The molecule has 0 aliphatic rings. The van der Waals surface area contributed by atoms with Gasteiger partial charge in [-0.3, -0.25) is 4.99 Å². The van der Waals surface area contributed by atoms with Crippen LogP contribution in [-0.2, 0) is 13.1 Å². The Morgan fingerprint density at radius 2 is 1.83 bits per heavy atom. The first-order valence-electron chi connectivity index (χ1n) is 6.78. The average molecular weight is 471 g/mol. The molecular formula is C15H17F3IN3OS. The molecule has 0 saturated carbocycles. The standard InChI is InChI=1S/C15H16F3N3OS.HI/c1-19-14(21-10-12-6-4-8-23-12)20-9-11-5-2-3-7-13(11)22-15(16,17)18;/h2-8H,9-10H2,1H3,(H2,19,20,21);1H. The Kier molecular flexibility index (Phi) is 8.32. The topological polar surface area (TPSA) is 45.7 Å². The number of halogens is 4. The van der Waals surface area contributed by atoms with Gasteiger partial charge in [-0.2, -0.15) is 0 Å². The molecule has 0 aliphatic carbocycles. The van der Waals surface area contributed by atoms with Crippen molar-refractivity contribution in [3.63, 3.8) is 0 Å². The highest BCUT2D eigenvalue weighted by Crippen LogP contribution is 2.26. The van der Waals surface area contributed by atoms with Gasteiger partial charge >= 0.3 is 6.36 Å². The highest BCUT2D eigenvalue weighted by atomic mass is 127. The molecule has 1 aromatic carbocycles. The van der Waals surface area contributed by atoms with Crippen LogP contribution in [0, 0.1) is 0 Å². The molecule has 2 aromatic rings. The number of ether oxygens (including phenoxy) is 1. The maximum absolute atomic E-state index is 12.4. The summed E-state index contributed by atoms with van der Waals surface area (Å²) < 4.78 is 41.2. The number of rotatable bonds is 5. The SMILES string of the molecule is CN=C(NCc1cccs1)NCc1ccccc1OC(F)(F)F.I. The molecule has 2 rings (SSSR count). The smallest absolute Gasteiger partial charge is 0.405 e. The van der Waals surface area contributed by atoms with Crippen LogP contribution < -0.4 is 15.4 Å². The number of benzene rings is 1. The minimum atomic E-state index is -4.71. The van der Waals surface area contributed by atoms with Crippen molar-refractivity contribution in [3.8, 4) is 5.75 Å². The van der Waals surface area contributed by atoms with Crippen molar-refractivity contribution in [2.45, 2.75) is 19.5 Å². The van der Waals surface area contributed by atoms with Crippen molar-refractivity contribution in [1.82, 2.24) is 10.6 Å². The zero-order valence-corrected chi connectivity index (χ0v) is 15.9. The number of nitrogens with one attached hydrogen (secondary N) is 2. The number of nitrogens with zero attached hydrogens (tertiary/aromatic N) is 1. The van der Waals surface area contributed by atoms with Gasteiger partial charge in [0.05, 0.1) is 6.54 Å². The fourth-order valence-corrected chi connectivity index (χ4v) is 2.50. The van der Waals surface area contributed by atoms with Crippen LogP contribution in [0.1, 0.15) is 10.4 Å². The van der Waals surface area contributed by atoms with Crippen LogP contribution in [0.25, 0.3) is 0 Å². The number of thiophene rings is 1. The summed E-state index contributed by atoms with van der Waals surface area (Å²) in [5.41, 5.74) is 0.392. The van der Waals surface area contributed by atoms with Crippen LogP contribution in [0.5, 0.6) is 5.75 Å². The second kappa shape index (κ2) is 9.72. The van der Waals surface area contributed by atoms with E-state index in [1.54, 1.807) is 30.5 Å². The van der Waals surface area contributed by atoms with E-state index < -0.39 is 6.36 Å². The lowest BCUT2D eigenvalue weighted by Gasteiger charge is -2.15. The van der Waals surface area contributed by atoms with Crippen LogP contribution in [0.2, 0.25) is 0 Å². The predicted molar refractivity (Wildman–Crippen MR) is 99.9 cm³/mol. The third-order valence-corrected chi connectivity index (χ3v) is 3.75. The van der Waals surface area contributed by atoms with Gasteiger partial charge in [-0.15, -0.1) is 48.5 Å². The summed E-state index contributed by atoms with van der Waals surface area (Å²) in [6.07, 6.45) is -4.71. The molecule has 1 heterocycles. The second-order valence-corrected chi connectivity index (χ2v) is 5.55. The normalized spacial score (nSPS) is 11.6. The Morgan fingerprint density at radius 1 is 1.12 bits per heavy atom. The Labute approximate surface area is 159 Å². The first-order chi connectivity index (χ1) is 11.0. The molecule has 24 heavy (non-hydrogen) atoms. The minimum absolute atomic E-state index is 0. The molecule has 0 aliphatic heterocycles. The van der Waals surface area contributed by atoms with Gasteiger partial charge in [-0.25, -0.2) is 0 Å². The predicted octanol–water partition coefficient (Wildman–Crippen LogP) is 4.13. The van der Waals surface area contributed by atoms with Crippen molar-refractivity contribution in [3.05, 3.63) is 52.2 Å². The summed E-state index contributed by atoms with van der Waals surface area (Å²) in [4.78, 5) is 5.18. The van der Waals surface area contributed by atoms with E-state index in [0.29, 0.717) is 18.1 Å². The van der Waals surface area contributed by atoms with Crippen LogP contribution in [0.3, 0.4) is 0 Å². The van der Waals surface area contributed by atoms with Gasteiger partial charge in [-0.05, 0) is 17.5 Å². The molecule has 1 aromatic heterocycles. The van der Waals surface area contributed by atoms with Gasteiger partial charge in [0.1, 0.15) is 5.75 Å². The van der Waals surface area contributed by atoms with Crippen LogP contribution >= 0.6 is 35.3 Å². The summed E-state index contributed by atoms with van der Waals surface area (Å²) in [6.45, 7) is 0.758. The highest BCUT2D eigenvalue weighted by molar-refractivity contribution is 14.0. The summed E-state index contributed by atoms with van der Waals surface area (Å²) >= 11 is 1.61. The molecule has 0 spiro atoms. The van der Waals surface area contributed by atoms with E-state index in [2.05, 4.69) is 20.4 Å². The van der Waals surface area contributed by atoms with E-state index >= 15 is 0 Å². The number of guanidine groups is 1. The number of para-hydroxylation sites is 1. The monoisotopic (exact) mass is 471 g/mol. The maximum atomic E-state index is 12.4. The third-order valence-electron chi connectivity index (χ3n) is 2.88. The van der Waals surface area contributed by atoms with E-state index in [-0.39, 0.29) is 36.3 Å². The second-order valence-electron chi connectivity index (χ2n) is 4.51. The van der Waals surface area contributed by atoms with E-state index in [4.69, 9.17) is 0 Å². The maximum Gasteiger partial charge on any atom is 0.573 e. The Hall–Kier alpha value is -1.49. The molecule has 0 bridgehead atoms. The van der Waals surface area contributed by atoms with Gasteiger partial charge in [-0.1, -0.05) is 24.3 Å². The molecule has 0 fully saturated rings. The Balaban J connectivity index is 0.00000288. The van der Waals surface area contributed by atoms with Crippen LogP contribution in [0.4, 0.5) is 13.2 Å². The van der Waals surface area contributed by atoms with E-state index in [1.165, 1.54) is 12.1 Å². The lowest BCUT2D eigenvalue weighted by Crippen LogP contribution is -2.36. The molecule has 0 radical (unpaired) electrons. The summed E-state index contributed by atoms with van der Waals surface area (Å²) in [7, 11) is 1.60. The fourth-order valence-electron chi connectivity index (χ4n) is 1.86. The van der Waals surface area contributed by atoms with Gasteiger partial charge in [0.15, 0.2) is 5.96 Å². The van der Waals surface area contributed by atoms with Crippen molar-refractivity contribution >= 4 is 41.3 Å². The Morgan fingerprint density at radius 3 is 2.46 bits per heavy atom. The first-order valence-corrected chi connectivity index (χ1v) is 7.66. The fraction of sp³-hybridized carbons (Fsp3) is 0.267. The van der Waals surface area contributed by atoms with Crippen molar-refractivity contribution in [2.75, 3.05) is 7.05 Å². The lowest BCUT2D eigenvalue weighted by molar-refractivity contribution is -0.274. The third kappa shape index (κ3) is 6.95. The molecule has 0 unspecified atom stereocenters. The quantitative estimate of drug-likeness (QED) is 0.392. The molecular weight excluding hydrogens is 454 g/mol. The lowest BCUT2D eigenvalue weighted by atomic mass is 10.2. The number of alkyl halides is 3. The number of aliphatic imine (C=N–C) groups is 1. The van der Waals surface area contributed by atoms with Crippen molar-refractivity contribution in [1.29, 1.82) is 0 Å². The van der Waals surface area contributed by atoms with E-state index in [0.717, 1.165) is 4.88 Å². The molecule has 4 nitrogen and oxygen atoms in total. The van der Waals surface area contributed by atoms with Gasteiger partial charge in [0, 0.05) is 24.0 Å². The number of hydrogen-bond donors (Lipinski definition) is 2. The highest BCUT2D eigenvalue weighted by Gasteiger charge is 2.31. The zero-order valence-electron chi connectivity index (χ0n) is 12.8. The van der Waals surface area contributed by atoms with Crippen LogP contribution in [-0.4, -0.2) is 19.4 Å². The summed E-state index contributed by atoms with van der Waals surface area (Å²) in [5.74, 6) is 0.279. The molecule has 132 valence electrons. The first kappa shape index (κ1) is 20.6. The van der Waals surface area contributed by atoms with Crippen LogP contribution in [0.15, 0.2) is 46.8 Å². The van der Waals surface area contributed by atoms with E-state index in [1.807, 2.05) is 17.5 Å². The number of hydrogen-bond acceptors (Lipinski definition) is 3. The average Bonchev–Trinajstić information content (AvgIpc) is 3.01. The summed E-state index contributed by atoms with van der Waals surface area (Å²) in [6, 6.07) is 9.93. The molecule has 2 N–H and O–H groups in total. The molecule has 0 saturated heterocycles. The molecule has 0 atom stereocenters. The van der Waals surface area contributed by atoms with Crippen molar-refractivity contribution < 1.29 is 17.9 Å². The van der Waals surface area contributed by atoms with Gasteiger partial charge in [0.25, 0.3) is 0 Å². The minimum Gasteiger partial charge on any atom is -0.405 e. The van der Waals surface area contributed by atoms with Gasteiger partial charge in [0.2, 0.25) is 0 Å². The Bertz CT molecular complexity index is 648. The van der Waals surface area contributed by atoms with Gasteiger partial charge < -0.3 is 15.4 Å². The molecule has 9 heteroatoms. The van der Waals surface area contributed by atoms with Crippen molar-refractivity contribution in [2.24, 2.45) is 4.99 Å². The summed E-state index contributed by atoms with van der Waals surface area (Å²) in [5, 5.41) is 8.04. The zero-order chi connectivity index (χ0) is 16.7. The van der Waals surface area contributed by atoms with E-state index in [9.17, 15) is 13.2 Å². The molecule has 0 amide bonds.